The average Bonchev–Trinajstić information content (AvgIpc) is 2.28. The van der Waals surface area contributed by atoms with Crippen molar-refractivity contribution >= 4 is 9.84 Å². The molecule has 1 aliphatic carbocycles. The number of nitrogens with two attached hydrogens (primary N) is 1. The zero-order chi connectivity index (χ0) is 13.8. The predicted molar refractivity (Wildman–Crippen MR) is 76.4 cm³/mol. The quantitative estimate of drug-likeness (QED) is 0.793. The van der Waals surface area contributed by atoms with E-state index in [9.17, 15) is 8.42 Å². The second-order valence-electron chi connectivity index (χ2n) is 5.81. The van der Waals surface area contributed by atoms with E-state index in [1.54, 1.807) is 0 Å². The lowest BCUT2D eigenvalue weighted by atomic mass is 9.80. The molecule has 0 amide bonds. The highest BCUT2D eigenvalue weighted by atomic mass is 32.2. The molecule has 5 heteroatoms. The molecule has 108 valence electrons. The molecule has 0 radical (unpaired) electrons. The van der Waals surface area contributed by atoms with Crippen molar-refractivity contribution < 1.29 is 8.42 Å². The molecule has 1 saturated carbocycles. The van der Waals surface area contributed by atoms with Crippen LogP contribution < -0.4 is 5.73 Å². The summed E-state index contributed by atoms with van der Waals surface area (Å²) in [5.41, 5.74) is 6.19. The summed E-state index contributed by atoms with van der Waals surface area (Å²) in [7, 11) is -0.878. The lowest BCUT2D eigenvalue weighted by molar-refractivity contribution is 0.138. The Morgan fingerprint density at radius 3 is 2.56 bits per heavy atom. The SMILES string of the molecule is CCCC1CCC(N)C(N(C)CCS(C)(=O)=O)C1. The maximum atomic E-state index is 11.2. The van der Waals surface area contributed by atoms with Crippen LogP contribution in [0, 0.1) is 5.92 Å². The highest BCUT2D eigenvalue weighted by Crippen LogP contribution is 2.29. The van der Waals surface area contributed by atoms with Gasteiger partial charge in [-0.15, -0.1) is 0 Å². The van der Waals surface area contributed by atoms with E-state index in [4.69, 9.17) is 5.73 Å². The molecule has 3 atom stereocenters. The highest BCUT2D eigenvalue weighted by molar-refractivity contribution is 7.90. The number of hydrogen-bond acceptors (Lipinski definition) is 4. The molecular weight excluding hydrogens is 248 g/mol. The topological polar surface area (TPSA) is 63.4 Å². The standard InChI is InChI=1S/C13H28N2O2S/c1-4-5-11-6-7-12(14)13(10-11)15(2)8-9-18(3,16)17/h11-13H,4-10,14H2,1-3H3. The number of hydrogen-bond donors (Lipinski definition) is 1. The van der Waals surface area contributed by atoms with Crippen molar-refractivity contribution in [1.29, 1.82) is 0 Å². The lowest BCUT2D eigenvalue weighted by Gasteiger charge is -2.39. The van der Waals surface area contributed by atoms with Gasteiger partial charge >= 0.3 is 0 Å². The van der Waals surface area contributed by atoms with Crippen molar-refractivity contribution in [1.82, 2.24) is 4.90 Å². The van der Waals surface area contributed by atoms with Crippen LogP contribution in [-0.4, -0.2) is 51.0 Å². The zero-order valence-electron chi connectivity index (χ0n) is 11.9. The van der Waals surface area contributed by atoms with E-state index in [1.807, 2.05) is 7.05 Å². The molecule has 18 heavy (non-hydrogen) atoms. The van der Waals surface area contributed by atoms with Gasteiger partial charge in [-0.05, 0) is 32.2 Å². The van der Waals surface area contributed by atoms with E-state index >= 15 is 0 Å². The number of likely N-dealkylation sites (N-methyl/N-ethyl adjacent to an activating group) is 1. The van der Waals surface area contributed by atoms with Gasteiger partial charge in [0.2, 0.25) is 0 Å². The minimum Gasteiger partial charge on any atom is -0.326 e. The zero-order valence-corrected chi connectivity index (χ0v) is 12.7. The minimum absolute atomic E-state index is 0.197. The van der Waals surface area contributed by atoms with Gasteiger partial charge in [0.15, 0.2) is 0 Å². The number of rotatable bonds is 6. The molecule has 0 spiro atoms. The van der Waals surface area contributed by atoms with Crippen molar-refractivity contribution in [3.05, 3.63) is 0 Å². The van der Waals surface area contributed by atoms with Crippen molar-refractivity contribution in [3.63, 3.8) is 0 Å². The Morgan fingerprint density at radius 1 is 1.33 bits per heavy atom. The van der Waals surface area contributed by atoms with Gasteiger partial charge in [0, 0.05) is 24.9 Å². The molecule has 1 rings (SSSR count). The average molecular weight is 276 g/mol. The molecule has 4 nitrogen and oxygen atoms in total. The normalized spacial score (nSPS) is 29.7. The predicted octanol–water partition coefficient (Wildman–Crippen LogP) is 1.26. The fraction of sp³-hybridized carbons (Fsp3) is 1.00. The molecule has 0 aliphatic heterocycles. The Kier molecular flexibility index (Phi) is 6.08. The summed E-state index contributed by atoms with van der Waals surface area (Å²) in [5.74, 6) is 0.992. The molecule has 0 aromatic carbocycles. The lowest BCUT2D eigenvalue weighted by Crippen LogP contribution is -2.50. The van der Waals surface area contributed by atoms with E-state index in [0.717, 1.165) is 18.8 Å². The van der Waals surface area contributed by atoms with Crippen LogP contribution in [0.4, 0.5) is 0 Å². The van der Waals surface area contributed by atoms with Gasteiger partial charge in [-0.25, -0.2) is 8.42 Å². The molecule has 0 heterocycles. The first-order valence-corrected chi connectivity index (χ1v) is 9.03. The van der Waals surface area contributed by atoms with Crippen LogP contribution in [0.25, 0.3) is 0 Å². The van der Waals surface area contributed by atoms with Gasteiger partial charge in [0.1, 0.15) is 9.84 Å². The molecular formula is C13H28N2O2S. The van der Waals surface area contributed by atoms with Crippen LogP contribution in [-0.2, 0) is 9.84 Å². The largest absolute Gasteiger partial charge is 0.326 e. The Morgan fingerprint density at radius 2 is 2.00 bits per heavy atom. The van der Waals surface area contributed by atoms with E-state index in [-0.39, 0.29) is 11.8 Å². The van der Waals surface area contributed by atoms with Crippen LogP contribution in [0.1, 0.15) is 39.0 Å². The highest BCUT2D eigenvalue weighted by Gasteiger charge is 2.30. The van der Waals surface area contributed by atoms with E-state index in [1.165, 1.54) is 25.5 Å². The summed E-state index contributed by atoms with van der Waals surface area (Å²) in [5, 5.41) is 0. The van der Waals surface area contributed by atoms with Gasteiger partial charge in [-0.2, -0.15) is 0 Å². The van der Waals surface area contributed by atoms with Gasteiger partial charge in [0.25, 0.3) is 0 Å². The van der Waals surface area contributed by atoms with Crippen molar-refractivity contribution in [2.45, 2.75) is 51.1 Å². The van der Waals surface area contributed by atoms with Gasteiger partial charge in [-0.3, -0.25) is 0 Å². The van der Waals surface area contributed by atoms with Crippen molar-refractivity contribution in [2.24, 2.45) is 11.7 Å². The Hall–Kier alpha value is -0.130. The second kappa shape index (κ2) is 6.87. The van der Waals surface area contributed by atoms with Gasteiger partial charge < -0.3 is 10.6 Å². The maximum Gasteiger partial charge on any atom is 0.148 e. The molecule has 2 N–H and O–H groups in total. The summed E-state index contributed by atoms with van der Waals surface area (Å²) in [6.45, 7) is 2.81. The van der Waals surface area contributed by atoms with E-state index in [2.05, 4.69) is 11.8 Å². The Balaban J connectivity index is 2.50. The molecule has 0 bridgehead atoms. The fourth-order valence-electron chi connectivity index (χ4n) is 2.91. The third kappa shape index (κ3) is 5.24. The minimum atomic E-state index is -2.88. The molecule has 0 aromatic heterocycles. The Bertz CT molecular complexity index is 343. The molecule has 1 aliphatic rings. The van der Waals surface area contributed by atoms with Gasteiger partial charge in [-0.1, -0.05) is 19.8 Å². The van der Waals surface area contributed by atoms with Crippen LogP contribution in [0.2, 0.25) is 0 Å². The Labute approximate surface area is 112 Å². The summed E-state index contributed by atoms with van der Waals surface area (Å²) in [6, 6.07) is 0.541. The van der Waals surface area contributed by atoms with Crippen LogP contribution in [0.3, 0.4) is 0 Å². The van der Waals surface area contributed by atoms with Crippen molar-refractivity contribution in [2.75, 3.05) is 25.6 Å². The first-order chi connectivity index (χ1) is 8.33. The summed E-state index contributed by atoms with van der Waals surface area (Å²) >= 11 is 0. The first kappa shape index (κ1) is 15.9. The molecule has 3 unspecified atom stereocenters. The first-order valence-electron chi connectivity index (χ1n) is 6.97. The summed E-state index contributed by atoms with van der Waals surface area (Å²) in [6.07, 6.45) is 7.20. The third-order valence-electron chi connectivity index (χ3n) is 4.06. The number of sulfone groups is 1. The van der Waals surface area contributed by atoms with E-state index in [0.29, 0.717) is 12.6 Å². The van der Waals surface area contributed by atoms with Crippen molar-refractivity contribution in [3.8, 4) is 0 Å². The maximum absolute atomic E-state index is 11.2. The van der Waals surface area contributed by atoms with Crippen LogP contribution >= 0.6 is 0 Å². The smallest absolute Gasteiger partial charge is 0.148 e. The fourth-order valence-corrected chi connectivity index (χ4v) is 3.53. The second-order valence-corrected chi connectivity index (χ2v) is 8.07. The summed E-state index contributed by atoms with van der Waals surface area (Å²) < 4.78 is 22.4. The third-order valence-corrected chi connectivity index (χ3v) is 4.98. The van der Waals surface area contributed by atoms with Crippen LogP contribution in [0.15, 0.2) is 0 Å². The summed E-state index contributed by atoms with van der Waals surface area (Å²) in [4.78, 5) is 2.15. The van der Waals surface area contributed by atoms with E-state index < -0.39 is 9.84 Å². The van der Waals surface area contributed by atoms with Crippen LogP contribution in [0.5, 0.6) is 0 Å². The van der Waals surface area contributed by atoms with Gasteiger partial charge in [0.05, 0.1) is 5.75 Å². The monoisotopic (exact) mass is 276 g/mol. The molecule has 0 aromatic rings. The molecule has 1 fully saturated rings. The molecule has 0 saturated heterocycles. The number of nitrogens with zero attached hydrogens (tertiary/aromatic N) is 1.